The van der Waals surface area contributed by atoms with Crippen LogP contribution in [0.25, 0.3) is 0 Å². The first-order valence-electron chi connectivity index (χ1n) is 6.58. The van der Waals surface area contributed by atoms with Gasteiger partial charge in [0.1, 0.15) is 5.82 Å². The Hall–Kier alpha value is -1.66. The summed E-state index contributed by atoms with van der Waals surface area (Å²) < 4.78 is 12.7. The van der Waals surface area contributed by atoms with Gasteiger partial charge in [-0.15, -0.1) is 12.4 Å². The topological polar surface area (TPSA) is 70.2 Å². The number of nitrogens with one attached hydrogen (secondary N) is 3. The summed E-state index contributed by atoms with van der Waals surface area (Å²) in [5.74, 6) is -0.693. The first-order chi connectivity index (χ1) is 9.63. The van der Waals surface area contributed by atoms with Gasteiger partial charge in [-0.3, -0.25) is 9.59 Å². The van der Waals surface area contributed by atoms with Crippen LogP contribution in [0.15, 0.2) is 24.3 Å². The van der Waals surface area contributed by atoms with Gasteiger partial charge in [-0.05, 0) is 44.3 Å². The van der Waals surface area contributed by atoms with Crippen molar-refractivity contribution in [3.8, 4) is 0 Å². The molecule has 0 atom stereocenters. The van der Waals surface area contributed by atoms with E-state index in [4.69, 9.17) is 0 Å². The largest absolute Gasteiger partial charge is 0.354 e. The van der Waals surface area contributed by atoms with E-state index in [1.54, 1.807) is 0 Å². The summed E-state index contributed by atoms with van der Waals surface area (Å²) in [6.45, 7) is 1.52. The van der Waals surface area contributed by atoms with Crippen LogP contribution >= 0.6 is 12.4 Å². The summed E-state index contributed by atoms with van der Waals surface area (Å²) in [5.41, 5.74) is 0.395. The van der Waals surface area contributed by atoms with Gasteiger partial charge in [-0.1, -0.05) is 0 Å². The smallest absolute Gasteiger partial charge is 0.251 e. The highest BCUT2D eigenvalue weighted by molar-refractivity contribution is 5.94. The van der Waals surface area contributed by atoms with E-state index in [0.29, 0.717) is 25.1 Å². The van der Waals surface area contributed by atoms with Crippen LogP contribution in [0, 0.1) is 5.82 Å². The summed E-state index contributed by atoms with van der Waals surface area (Å²) in [4.78, 5) is 23.0. The second kappa shape index (κ2) is 11.0. The van der Waals surface area contributed by atoms with E-state index >= 15 is 0 Å². The molecule has 0 aliphatic carbocycles. The SMILES string of the molecule is CNCCCC(=O)NCCNC(=O)c1ccc(F)cc1.Cl. The Morgan fingerprint density at radius 3 is 2.29 bits per heavy atom. The van der Waals surface area contributed by atoms with Crippen molar-refractivity contribution in [2.24, 2.45) is 0 Å². The van der Waals surface area contributed by atoms with Crippen LogP contribution in [-0.4, -0.2) is 38.5 Å². The quantitative estimate of drug-likeness (QED) is 0.629. The third kappa shape index (κ3) is 8.27. The van der Waals surface area contributed by atoms with Crippen LogP contribution in [-0.2, 0) is 4.79 Å². The molecule has 0 aromatic heterocycles. The lowest BCUT2D eigenvalue weighted by atomic mass is 10.2. The van der Waals surface area contributed by atoms with Gasteiger partial charge in [0.15, 0.2) is 0 Å². The zero-order chi connectivity index (χ0) is 14.8. The van der Waals surface area contributed by atoms with E-state index in [1.165, 1.54) is 24.3 Å². The highest BCUT2D eigenvalue weighted by atomic mass is 35.5. The minimum absolute atomic E-state index is 0. The molecule has 0 heterocycles. The van der Waals surface area contributed by atoms with Gasteiger partial charge in [0.25, 0.3) is 5.91 Å². The fourth-order valence-corrected chi connectivity index (χ4v) is 1.60. The van der Waals surface area contributed by atoms with Crippen molar-refractivity contribution in [1.29, 1.82) is 0 Å². The molecule has 5 nitrogen and oxygen atoms in total. The molecule has 0 saturated heterocycles. The van der Waals surface area contributed by atoms with Gasteiger partial charge in [0.2, 0.25) is 5.91 Å². The monoisotopic (exact) mass is 317 g/mol. The molecule has 7 heteroatoms. The minimum Gasteiger partial charge on any atom is -0.354 e. The summed E-state index contributed by atoms with van der Waals surface area (Å²) in [6, 6.07) is 5.30. The Kier molecular flexibility index (Phi) is 10.2. The Bertz CT molecular complexity index is 440. The van der Waals surface area contributed by atoms with Gasteiger partial charge in [0.05, 0.1) is 0 Å². The highest BCUT2D eigenvalue weighted by Gasteiger charge is 2.05. The number of benzene rings is 1. The number of rotatable bonds is 8. The predicted octanol–water partition coefficient (Wildman–Crippen LogP) is 1.09. The molecule has 0 bridgehead atoms. The molecule has 21 heavy (non-hydrogen) atoms. The molecule has 0 aliphatic heterocycles. The van der Waals surface area contributed by atoms with Crippen molar-refractivity contribution in [2.75, 3.05) is 26.7 Å². The van der Waals surface area contributed by atoms with Crippen molar-refractivity contribution < 1.29 is 14.0 Å². The van der Waals surface area contributed by atoms with Crippen LogP contribution in [0.3, 0.4) is 0 Å². The lowest BCUT2D eigenvalue weighted by Crippen LogP contribution is -2.34. The Morgan fingerprint density at radius 1 is 1.05 bits per heavy atom. The predicted molar refractivity (Wildman–Crippen MR) is 82.2 cm³/mol. The van der Waals surface area contributed by atoms with E-state index in [9.17, 15) is 14.0 Å². The zero-order valence-electron chi connectivity index (χ0n) is 11.9. The molecule has 1 aromatic carbocycles. The zero-order valence-corrected chi connectivity index (χ0v) is 12.8. The van der Waals surface area contributed by atoms with Crippen LogP contribution < -0.4 is 16.0 Å². The van der Waals surface area contributed by atoms with E-state index in [-0.39, 0.29) is 30.0 Å². The fraction of sp³-hybridized carbons (Fsp3) is 0.429. The van der Waals surface area contributed by atoms with Crippen LogP contribution in [0.2, 0.25) is 0 Å². The molecule has 0 fully saturated rings. The summed E-state index contributed by atoms with van der Waals surface area (Å²) in [5, 5.41) is 8.33. The van der Waals surface area contributed by atoms with Crippen molar-refractivity contribution in [3.05, 3.63) is 35.6 Å². The summed E-state index contributed by atoms with van der Waals surface area (Å²) in [7, 11) is 1.84. The van der Waals surface area contributed by atoms with Crippen LogP contribution in [0.1, 0.15) is 23.2 Å². The van der Waals surface area contributed by atoms with Crippen molar-refractivity contribution in [3.63, 3.8) is 0 Å². The van der Waals surface area contributed by atoms with Gasteiger partial charge in [0, 0.05) is 25.1 Å². The Morgan fingerprint density at radius 2 is 1.67 bits per heavy atom. The maximum atomic E-state index is 12.7. The molecule has 1 rings (SSSR count). The number of halogens is 2. The van der Waals surface area contributed by atoms with Crippen LogP contribution in [0.5, 0.6) is 0 Å². The Balaban J connectivity index is 0.00000400. The third-order valence-electron chi connectivity index (χ3n) is 2.67. The maximum Gasteiger partial charge on any atom is 0.251 e. The molecule has 118 valence electrons. The van der Waals surface area contributed by atoms with Gasteiger partial charge < -0.3 is 16.0 Å². The van der Waals surface area contributed by atoms with Crippen molar-refractivity contribution in [1.82, 2.24) is 16.0 Å². The van der Waals surface area contributed by atoms with Gasteiger partial charge >= 0.3 is 0 Å². The van der Waals surface area contributed by atoms with E-state index in [0.717, 1.165) is 13.0 Å². The fourth-order valence-electron chi connectivity index (χ4n) is 1.60. The molecule has 0 unspecified atom stereocenters. The standard InChI is InChI=1S/C14H20FN3O2.ClH/c1-16-8-2-3-13(19)17-9-10-18-14(20)11-4-6-12(15)7-5-11;/h4-7,16H,2-3,8-10H2,1H3,(H,17,19)(H,18,20);1H. The minimum atomic E-state index is -0.379. The first kappa shape index (κ1) is 19.3. The first-order valence-corrected chi connectivity index (χ1v) is 6.58. The number of hydrogen-bond acceptors (Lipinski definition) is 3. The normalized spacial score (nSPS) is 9.62. The molecule has 0 aliphatic rings. The summed E-state index contributed by atoms with van der Waals surface area (Å²) in [6.07, 6.45) is 1.25. The highest BCUT2D eigenvalue weighted by Crippen LogP contribution is 2.01. The lowest BCUT2D eigenvalue weighted by molar-refractivity contribution is -0.121. The van der Waals surface area contributed by atoms with Gasteiger partial charge in [-0.2, -0.15) is 0 Å². The average Bonchev–Trinajstić information content (AvgIpc) is 2.44. The molecular formula is C14H21ClFN3O2. The second-order valence-corrected chi connectivity index (χ2v) is 4.32. The van der Waals surface area contributed by atoms with Crippen LogP contribution in [0.4, 0.5) is 4.39 Å². The molecule has 1 aromatic rings. The van der Waals surface area contributed by atoms with E-state index in [1.807, 2.05) is 7.05 Å². The molecule has 0 saturated carbocycles. The van der Waals surface area contributed by atoms with Gasteiger partial charge in [-0.25, -0.2) is 4.39 Å². The molecule has 2 amide bonds. The second-order valence-electron chi connectivity index (χ2n) is 4.32. The third-order valence-corrected chi connectivity index (χ3v) is 2.67. The number of amides is 2. The molecule has 0 spiro atoms. The lowest BCUT2D eigenvalue weighted by Gasteiger charge is -2.07. The number of hydrogen-bond donors (Lipinski definition) is 3. The molecular weight excluding hydrogens is 297 g/mol. The van der Waals surface area contributed by atoms with E-state index < -0.39 is 0 Å². The number of carbonyl (C=O) groups excluding carboxylic acids is 2. The maximum absolute atomic E-state index is 12.7. The number of carbonyl (C=O) groups is 2. The van der Waals surface area contributed by atoms with Crippen molar-refractivity contribution in [2.45, 2.75) is 12.8 Å². The molecule has 0 radical (unpaired) electrons. The average molecular weight is 318 g/mol. The Labute approximate surface area is 130 Å². The van der Waals surface area contributed by atoms with Crippen molar-refractivity contribution >= 4 is 24.2 Å². The molecule has 3 N–H and O–H groups in total. The summed E-state index contributed by atoms with van der Waals surface area (Å²) >= 11 is 0. The van der Waals surface area contributed by atoms with E-state index in [2.05, 4.69) is 16.0 Å².